The summed E-state index contributed by atoms with van der Waals surface area (Å²) in [5.41, 5.74) is 2.74. The first-order valence-corrected chi connectivity index (χ1v) is 5.42. The lowest BCUT2D eigenvalue weighted by molar-refractivity contribution is 0.207. The molecule has 14 heavy (non-hydrogen) atoms. The highest BCUT2D eigenvalue weighted by molar-refractivity contribution is 5.39. The van der Waals surface area contributed by atoms with Crippen molar-refractivity contribution in [1.82, 2.24) is 0 Å². The lowest BCUT2D eigenvalue weighted by Gasteiger charge is -2.09. The molecule has 0 atom stereocenters. The summed E-state index contributed by atoms with van der Waals surface area (Å²) in [7, 11) is 0. The van der Waals surface area contributed by atoms with E-state index in [1.165, 1.54) is 17.6 Å². The molecule has 2 aliphatic rings. The van der Waals surface area contributed by atoms with Crippen LogP contribution in [0.2, 0.25) is 0 Å². The lowest BCUT2D eigenvalue weighted by Crippen LogP contribution is -1.98. The standard InChI is InChI=1S/C13H18O/c1-10(2)7-11-3-5-12-8-14-9-13(12)6-4-11/h3-6,10-11H,7-9H2,1-2H3. The van der Waals surface area contributed by atoms with Crippen LogP contribution in [-0.4, -0.2) is 13.2 Å². The predicted octanol–water partition coefficient (Wildman–Crippen LogP) is 3.10. The van der Waals surface area contributed by atoms with Crippen LogP contribution in [0, 0.1) is 11.8 Å². The van der Waals surface area contributed by atoms with Crippen molar-refractivity contribution < 1.29 is 4.74 Å². The molecular weight excluding hydrogens is 172 g/mol. The summed E-state index contributed by atoms with van der Waals surface area (Å²) in [4.78, 5) is 0. The van der Waals surface area contributed by atoms with Crippen molar-refractivity contribution in [2.45, 2.75) is 20.3 Å². The first-order valence-electron chi connectivity index (χ1n) is 5.42. The van der Waals surface area contributed by atoms with Gasteiger partial charge < -0.3 is 4.74 Å². The van der Waals surface area contributed by atoms with E-state index in [-0.39, 0.29) is 0 Å². The van der Waals surface area contributed by atoms with E-state index in [2.05, 4.69) is 38.2 Å². The van der Waals surface area contributed by atoms with Crippen molar-refractivity contribution in [3.8, 4) is 0 Å². The minimum Gasteiger partial charge on any atom is -0.372 e. The van der Waals surface area contributed by atoms with E-state index >= 15 is 0 Å². The molecule has 0 unspecified atom stereocenters. The van der Waals surface area contributed by atoms with Gasteiger partial charge >= 0.3 is 0 Å². The SMILES string of the molecule is CC(C)CC1C=CC2=C(C=C1)COC2. The Morgan fingerprint density at radius 1 is 1.21 bits per heavy atom. The fraction of sp³-hybridized carbons (Fsp3) is 0.538. The molecule has 0 saturated heterocycles. The average Bonchev–Trinajstić information content (AvgIpc) is 2.50. The number of allylic oxidation sites excluding steroid dienone is 2. The Morgan fingerprint density at radius 3 is 2.29 bits per heavy atom. The molecule has 2 rings (SSSR count). The molecule has 0 radical (unpaired) electrons. The van der Waals surface area contributed by atoms with Crippen LogP contribution in [0.1, 0.15) is 20.3 Å². The van der Waals surface area contributed by atoms with Crippen molar-refractivity contribution in [3.05, 3.63) is 35.5 Å². The average molecular weight is 190 g/mol. The molecule has 76 valence electrons. The number of hydrogen-bond donors (Lipinski definition) is 0. The summed E-state index contributed by atoms with van der Waals surface area (Å²) < 4.78 is 5.39. The summed E-state index contributed by atoms with van der Waals surface area (Å²) >= 11 is 0. The van der Waals surface area contributed by atoms with Crippen LogP contribution in [0.3, 0.4) is 0 Å². The molecule has 1 aliphatic heterocycles. The monoisotopic (exact) mass is 190 g/mol. The third kappa shape index (κ3) is 2.16. The minimum absolute atomic E-state index is 0.612. The second kappa shape index (κ2) is 4.14. The van der Waals surface area contributed by atoms with Crippen molar-refractivity contribution in [1.29, 1.82) is 0 Å². The van der Waals surface area contributed by atoms with E-state index in [9.17, 15) is 0 Å². The van der Waals surface area contributed by atoms with Crippen LogP contribution in [0.5, 0.6) is 0 Å². The zero-order chi connectivity index (χ0) is 9.97. The maximum atomic E-state index is 5.39. The Labute approximate surface area is 86.2 Å². The van der Waals surface area contributed by atoms with Crippen molar-refractivity contribution >= 4 is 0 Å². The molecule has 0 aromatic rings. The van der Waals surface area contributed by atoms with Crippen LogP contribution in [0.25, 0.3) is 0 Å². The number of ether oxygens (including phenoxy) is 1. The van der Waals surface area contributed by atoms with Crippen molar-refractivity contribution in [3.63, 3.8) is 0 Å². The molecule has 1 aliphatic carbocycles. The van der Waals surface area contributed by atoms with E-state index < -0.39 is 0 Å². The summed E-state index contributed by atoms with van der Waals surface area (Å²) in [6.45, 7) is 6.14. The smallest absolute Gasteiger partial charge is 0.0724 e. The summed E-state index contributed by atoms with van der Waals surface area (Å²) in [6, 6.07) is 0. The molecule has 1 heteroatoms. The van der Waals surface area contributed by atoms with Gasteiger partial charge in [0.1, 0.15) is 0 Å². The van der Waals surface area contributed by atoms with Gasteiger partial charge in [0.25, 0.3) is 0 Å². The Hall–Kier alpha value is -0.820. The highest BCUT2D eigenvalue weighted by Crippen LogP contribution is 2.24. The lowest BCUT2D eigenvalue weighted by atomic mass is 9.96. The van der Waals surface area contributed by atoms with Gasteiger partial charge in [0.05, 0.1) is 13.2 Å². The van der Waals surface area contributed by atoms with E-state index in [1.54, 1.807) is 0 Å². The Kier molecular flexibility index (Phi) is 2.87. The van der Waals surface area contributed by atoms with Gasteiger partial charge in [0, 0.05) is 0 Å². The molecule has 0 bridgehead atoms. The van der Waals surface area contributed by atoms with E-state index in [0.29, 0.717) is 5.92 Å². The van der Waals surface area contributed by atoms with Gasteiger partial charge in [-0.15, -0.1) is 0 Å². The molecule has 0 aromatic carbocycles. The van der Waals surface area contributed by atoms with Crippen LogP contribution < -0.4 is 0 Å². The fourth-order valence-corrected chi connectivity index (χ4v) is 2.01. The van der Waals surface area contributed by atoms with Gasteiger partial charge in [-0.25, -0.2) is 0 Å². The number of hydrogen-bond acceptors (Lipinski definition) is 1. The Morgan fingerprint density at radius 2 is 1.79 bits per heavy atom. The van der Waals surface area contributed by atoms with Crippen LogP contribution in [-0.2, 0) is 4.74 Å². The molecule has 0 aromatic heterocycles. The molecule has 1 heterocycles. The van der Waals surface area contributed by atoms with Crippen LogP contribution in [0.15, 0.2) is 35.5 Å². The Balaban J connectivity index is 2.06. The Bertz CT molecular complexity index is 270. The normalized spacial score (nSPS) is 21.9. The summed E-state index contributed by atoms with van der Waals surface area (Å²) in [5, 5.41) is 0. The van der Waals surface area contributed by atoms with Gasteiger partial charge in [-0.2, -0.15) is 0 Å². The highest BCUT2D eigenvalue weighted by atomic mass is 16.5. The van der Waals surface area contributed by atoms with E-state index in [4.69, 9.17) is 4.74 Å². The van der Waals surface area contributed by atoms with Gasteiger partial charge in [-0.05, 0) is 29.4 Å². The van der Waals surface area contributed by atoms with Crippen LogP contribution >= 0.6 is 0 Å². The zero-order valence-corrected chi connectivity index (χ0v) is 8.99. The first kappa shape index (κ1) is 9.72. The topological polar surface area (TPSA) is 9.23 Å². The molecular formula is C13H18O. The molecule has 0 fully saturated rings. The fourth-order valence-electron chi connectivity index (χ4n) is 2.01. The third-order valence-corrected chi connectivity index (χ3v) is 2.76. The predicted molar refractivity (Wildman–Crippen MR) is 59.1 cm³/mol. The summed E-state index contributed by atoms with van der Waals surface area (Å²) in [5.74, 6) is 1.37. The van der Waals surface area contributed by atoms with E-state index in [1.807, 2.05) is 0 Å². The molecule has 0 N–H and O–H groups in total. The maximum Gasteiger partial charge on any atom is 0.0724 e. The third-order valence-electron chi connectivity index (χ3n) is 2.76. The van der Waals surface area contributed by atoms with Crippen LogP contribution in [0.4, 0.5) is 0 Å². The highest BCUT2D eigenvalue weighted by Gasteiger charge is 2.14. The van der Waals surface area contributed by atoms with Gasteiger partial charge in [-0.1, -0.05) is 38.2 Å². The molecule has 0 amide bonds. The molecule has 0 spiro atoms. The second-order valence-corrected chi connectivity index (χ2v) is 4.55. The van der Waals surface area contributed by atoms with Crippen molar-refractivity contribution in [2.24, 2.45) is 11.8 Å². The van der Waals surface area contributed by atoms with Crippen molar-refractivity contribution in [2.75, 3.05) is 13.2 Å². The first-order chi connectivity index (χ1) is 6.75. The molecule has 0 saturated carbocycles. The largest absolute Gasteiger partial charge is 0.372 e. The van der Waals surface area contributed by atoms with Gasteiger partial charge in [0.2, 0.25) is 0 Å². The van der Waals surface area contributed by atoms with E-state index in [0.717, 1.165) is 19.1 Å². The minimum atomic E-state index is 0.612. The van der Waals surface area contributed by atoms with Gasteiger partial charge in [0.15, 0.2) is 0 Å². The second-order valence-electron chi connectivity index (χ2n) is 4.55. The van der Waals surface area contributed by atoms with Gasteiger partial charge in [-0.3, -0.25) is 0 Å². The quantitative estimate of drug-likeness (QED) is 0.650. The zero-order valence-electron chi connectivity index (χ0n) is 8.99. The maximum absolute atomic E-state index is 5.39. The summed E-state index contributed by atoms with van der Waals surface area (Å²) in [6.07, 6.45) is 10.4. The number of rotatable bonds is 2. The molecule has 1 nitrogen and oxygen atoms in total.